The Hall–Kier alpha value is -2.65. The van der Waals surface area contributed by atoms with E-state index in [4.69, 9.17) is 5.26 Å². The monoisotopic (exact) mass is 932 g/mol. The maximum Gasteiger partial charge on any atom is 0.460 e. The second-order valence-corrected chi connectivity index (χ2v) is 11.6. The van der Waals surface area contributed by atoms with Gasteiger partial charge in [0, 0.05) is 30.6 Å². The first-order chi connectivity index (χ1) is 24.9. The summed E-state index contributed by atoms with van der Waals surface area (Å²) >= 11 is -0.205. The fourth-order valence-corrected chi connectivity index (χ4v) is 4.10. The highest BCUT2D eigenvalue weighted by Gasteiger charge is 2.92. The van der Waals surface area contributed by atoms with Crippen LogP contribution < -0.4 is 0 Å². The Balaban J connectivity index is 5.64. The summed E-state index contributed by atoms with van der Waals surface area (Å²) in [5, 5.41) is 11.1. The van der Waals surface area contributed by atoms with E-state index in [1.807, 2.05) is 0 Å². The van der Waals surface area contributed by atoms with Gasteiger partial charge in [-0.25, -0.2) is 5.26 Å². The summed E-state index contributed by atoms with van der Waals surface area (Å²) < 4.78 is 354. The third-order valence-corrected chi connectivity index (χ3v) is 7.56. The van der Waals surface area contributed by atoms with Gasteiger partial charge in [0.05, 0.1) is 25.6 Å². The molecule has 0 aliphatic heterocycles. The fraction of sp³-hybridized carbons (Fsp3) is 0.913. The average molecular weight is 932 g/mol. The third-order valence-electron chi connectivity index (χ3n) is 6.87. The minimum Gasteiger partial charge on any atom is -0.466 e. The normalized spacial score (nSPS) is 15.8. The molecule has 7 nitrogen and oxygen atoms in total. The second-order valence-electron chi connectivity index (χ2n) is 10.9. The molecular weight excluding hydrogens is 914 g/mol. The molecule has 0 saturated carbocycles. The van der Waals surface area contributed by atoms with E-state index in [0.717, 1.165) is 0 Å². The van der Waals surface area contributed by atoms with Gasteiger partial charge in [-0.05, 0) is 12.8 Å². The molecule has 0 radical (unpaired) electrons. The van der Waals surface area contributed by atoms with Crippen LogP contribution in [0, 0.1) is 5.92 Å². The molecule has 0 spiro atoms. The van der Waals surface area contributed by atoms with E-state index < -0.39 is 141 Å². The smallest absolute Gasteiger partial charge is 0.460 e. The Bertz CT molecular complexity index is 1350. The first kappa shape index (κ1) is 54.3. The SMILES string of the molecule is O=C(CC(CSOOO)C(=O)OCCCC(F)(F)C(F)(F)C(F)(F)C(F)(F)C(F)(F)C(F)(F)F)OCCCC(F)(F)C(F)(F)C(F)(F)C(F)(F)C(F)(F)C(F)(F)F. The fourth-order valence-electron chi connectivity index (χ4n) is 3.58. The lowest BCUT2D eigenvalue weighted by Gasteiger charge is -2.39. The quantitative estimate of drug-likeness (QED) is 0.0271. The molecule has 0 saturated heterocycles. The van der Waals surface area contributed by atoms with E-state index in [1.54, 1.807) is 0 Å². The van der Waals surface area contributed by atoms with Gasteiger partial charge in [0.25, 0.3) is 0 Å². The van der Waals surface area contributed by atoms with E-state index in [-0.39, 0.29) is 12.0 Å². The standard InChI is InChI=1S/C23H18F26O7S/c24-12(25,14(28,29)16(32,33)18(36,37)20(40,41)22(44,45)46)3-1-5-53-10(50)7-9(8-57-56-55-52)11(51)54-6-2-4-13(26,27)15(30,31)17(34,35)19(38,39)21(42,43)23(47,48)49/h9,52H,1-8H2. The molecular formula is C23H18F26O7S. The van der Waals surface area contributed by atoms with Crippen LogP contribution in [0.4, 0.5) is 114 Å². The van der Waals surface area contributed by atoms with Crippen molar-refractivity contribution < 1.29 is 148 Å². The van der Waals surface area contributed by atoms with Crippen molar-refractivity contribution in [2.75, 3.05) is 19.0 Å². The van der Waals surface area contributed by atoms with Gasteiger partial charge < -0.3 is 9.47 Å². The molecule has 34 heteroatoms. The average Bonchev–Trinajstić information content (AvgIpc) is 3.02. The Labute approximate surface area is 301 Å². The van der Waals surface area contributed by atoms with Crippen LogP contribution >= 0.6 is 12.0 Å². The largest absolute Gasteiger partial charge is 0.466 e. The number of rotatable bonds is 23. The van der Waals surface area contributed by atoms with Crippen LogP contribution in [0.3, 0.4) is 0 Å². The molecule has 0 heterocycles. The highest BCUT2D eigenvalue weighted by atomic mass is 32.2. The van der Waals surface area contributed by atoms with Crippen molar-refractivity contribution in [3.05, 3.63) is 0 Å². The van der Waals surface area contributed by atoms with Gasteiger partial charge >= 0.3 is 83.5 Å². The summed E-state index contributed by atoms with van der Waals surface area (Å²) in [5.74, 6) is -84.3. The summed E-state index contributed by atoms with van der Waals surface area (Å²) in [6.07, 6.45) is -26.2. The molecule has 0 aliphatic rings. The van der Waals surface area contributed by atoms with Crippen LogP contribution in [0.5, 0.6) is 0 Å². The molecule has 0 aromatic rings. The number of hydrogen-bond acceptors (Lipinski definition) is 8. The molecule has 0 bridgehead atoms. The van der Waals surface area contributed by atoms with Crippen LogP contribution in [0.2, 0.25) is 0 Å². The van der Waals surface area contributed by atoms with Gasteiger partial charge in [-0.1, -0.05) is 5.04 Å². The van der Waals surface area contributed by atoms with Gasteiger partial charge in [-0.15, -0.1) is 4.33 Å². The van der Waals surface area contributed by atoms with Crippen molar-refractivity contribution in [2.24, 2.45) is 5.92 Å². The van der Waals surface area contributed by atoms with Gasteiger partial charge in [-0.3, -0.25) is 9.59 Å². The number of ether oxygens (including phenoxy) is 2. The second kappa shape index (κ2) is 17.5. The zero-order valence-corrected chi connectivity index (χ0v) is 27.2. The van der Waals surface area contributed by atoms with Crippen LogP contribution in [0.25, 0.3) is 0 Å². The molecule has 1 unspecified atom stereocenters. The zero-order valence-electron chi connectivity index (χ0n) is 26.4. The highest BCUT2D eigenvalue weighted by molar-refractivity contribution is 7.94. The van der Waals surface area contributed by atoms with E-state index >= 15 is 0 Å². The van der Waals surface area contributed by atoms with E-state index in [9.17, 15) is 124 Å². The van der Waals surface area contributed by atoms with Crippen LogP contribution in [0.15, 0.2) is 0 Å². The van der Waals surface area contributed by atoms with Crippen molar-refractivity contribution in [3.8, 4) is 0 Å². The van der Waals surface area contributed by atoms with Gasteiger partial charge in [-0.2, -0.15) is 114 Å². The van der Waals surface area contributed by atoms with Crippen molar-refractivity contribution in [1.29, 1.82) is 0 Å². The lowest BCUT2D eigenvalue weighted by Crippen LogP contribution is -2.70. The first-order valence-electron chi connectivity index (χ1n) is 13.8. The summed E-state index contributed by atoms with van der Waals surface area (Å²) in [7, 11) is 0. The molecule has 0 amide bonds. The molecule has 1 atom stereocenters. The predicted octanol–water partition coefficient (Wildman–Crippen LogP) is 10.2. The number of carbonyl (C=O) groups excluding carboxylic acids is 2. The van der Waals surface area contributed by atoms with Gasteiger partial charge in [0.1, 0.15) is 0 Å². The lowest BCUT2D eigenvalue weighted by molar-refractivity contribution is -0.440. The molecule has 340 valence electrons. The molecule has 0 aliphatic carbocycles. The lowest BCUT2D eigenvalue weighted by atomic mass is 9.92. The Morgan fingerprint density at radius 3 is 1.11 bits per heavy atom. The summed E-state index contributed by atoms with van der Waals surface area (Å²) in [6, 6.07) is 0. The third kappa shape index (κ3) is 10.4. The molecule has 57 heavy (non-hydrogen) atoms. The number of hydrogen-bond donors (Lipinski definition) is 1. The van der Waals surface area contributed by atoms with Crippen LogP contribution in [-0.4, -0.2) is 108 Å². The number of esters is 2. The molecule has 1 N–H and O–H groups in total. The minimum absolute atomic E-state index is 0.205. The summed E-state index contributed by atoms with van der Waals surface area (Å²) in [5.41, 5.74) is 0. The highest BCUT2D eigenvalue weighted by Crippen LogP contribution is 2.62. The van der Waals surface area contributed by atoms with Crippen LogP contribution in [-0.2, 0) is 28.4 Å². The van der Waals surface area contributed by atoms with Crippen molar-refractivity contribution in [1.82, 2.24) is 0 Å². The Morgan fingerprint density at radius 1 is 0.474 bits per heavy atom. The van der Waals surface area contributed by atoms with E-state index in [2.05, 4.69) is 18.8 Å². The number of halogens is 26. The van der Waals surface area contributed by atoms with E-state index in [0.29, 0.717) is 0 Å². The molecule has 0 rings (SSSR count). The van der Waals surface area contributed by atoms with Gasteiger partial charge in [0.15, 0.2) is 0 Å². The predicted molar refractivity (Wildman–Crippen MR) is 127 cm³/mol. The Morgan fingerprint density at radius 2 is 0.789 bits per heavy atom. The summed E-state index contributed by atoms with van der Waals surface area (Å²) in [4.78, 5) is 24.1. The van der Waals surface area contributed by atoms with Gasteiger partial charge in [0.2, 0.25) is 0 Å². The molecule has 0 aromatic heterocycles. The maximum absolute atomic E-state index is 13.9. The number of carbonyl (C=O) groups is 2. The first-order valence-corrected chi connectivity index (χ1v) is 14.7. The number of alkyl halides is 26. The van der Waals surface area contributed by atoms with Crippen LogP contribution in [0.1, 0.15) is 32.1 Å². The molecule has 0 fully saturated rings. The zero-order chi connectivity index (χ0) is 45.9. The summed E-state index contributed by atoms with van der Waals surface area (Å²) in [6.45, 7) is -3.39. The van der Waals surface area contributed by atoms with Crippen molar-refractivity contribution in [3.63, 3.8) is 0 Å². The van der Waals surface area contributed by atoms with Crippen molar-refractivity contribution >= 4 is 24.0 Å². The topological polar surface area (TPSA) is 91.3 Å². The molecule has 0 aromatic carbocycles. The maximum atomic E-state index is 13.9. The van der Waals surface area contributed by atoms with E-state index in [1.165, 1.54) is 0 Å². The minimum atomic E-state index is -8.21. The van der Waals surface area contributed by atoms with Crippen molar-refractivity contribution in [2.45, 2.75) is 104 Å². The Kier molecular flexibility index (Phi) is 16.7.